The van der Waals surface area contributed by atoms with E-state index in [-0.39, 0.29) is 32.3 Å². The molecule has 0 aromatic carbocycles. The molecule has 0 saturated heterocycles. The summed E-state index contributed by atoms with van der Waals surface area (Å²) < 4.78 is 0. The van der Waals surface area contributed by atoms with Crippen molar-refractivity contribution < 1.29 is 35.4 Å². The van der Waals surface area contributed by atoms with Gasteiger partial charge in [-0.15, -0.1) is 6.58 Å². The molecule has 0 aliphatic carbocycles. The molecule has 0 aliphatic heterocycles. The predicted octanol–water partition coefficient (Wildman–Crippen LogP) is -1.45. The topological polar surface area (TPSA) is 164 Å². The molecular formula is C13H31NO7. The Bertz CT molecular complexity index is 207. The average Bonchev–Trinajstić information content (AvgIpc) is 2.46. The Labute approximate surface area is 126 Å². The Morgan fingerprint density at radius 2 is 1.43 bits per heavy atom. The third-order valence-corrected chi connectivity index (χ3v) is 1.52. The van der Waals surface area contributed by atoms with Gasteiger partial charge in [0.15, 0.2) is 0 Å². The zero-order chi connectivity index (χ0) is 17.8. The highest BCUT2D eigenvalue weighted by molar-refractivity contribution is 5.73. The Kier molecular flexibility index (Phi) is 32.2. The number of aliphatic hydroxyl groups is 5. The molecule has 0 aliphatic rings. The lowest BCUT2D eigenvalue weighted by Gasteiger charge is -2.07. The van der Waals surface area contributed by atoms with Crippen LogP contribution in [0.25, 0.3) is 0 Å². The van der Waals surface area contributed by atoms with Crippen molar-refractivity contribution in [2.45, 2.75) is 32.9 Å². The van der Waals surface area contributed by atoms with Gasteiger partial charge in [-0.25, -0.2) is 0 Å². The maximum atomic E-state index is 10.0. The van der Waals surface area contributed by atoms with E-state index in [1.54, 1.807) is 19.9 Å². The van der Waals surface area contributed by atoms with E-state index in [0.29, 0.717) is 0 Å². The van der Waals surface area contributed by atoms with Gasteiger partial charge in [-0.1, -0.05) is 19.9 Å². The third-order valence-electron chi connectivity index (χ3n) is 1.52. The van der Waals surface area contributed by atoms with Gasteiger partial charge in [-0.05, 0) is 12.8 Å². The molecule has 0 aromatic heterocycles. The molecule has 21 heavy (non-hydrogen) atoms. The molecule has 0 bridgehead atoms. The van der Waals surface area contributed by atoms with Gasteiger partial charge < -0.3 is 36.4 Å². The van der Waals surface area contributed by atoms with Gasteiger partial charge in [0.25, 0.3) is 0 Å². The Hall–Kier alpha value is -1.03. The van der Waals surface area contributed by atoms with Crippen molar-refractivity contribution in [3.05, 3.63) is 12.7 Å². The highest BCUT2D eigenvalue weighted by Crippen LogP contribution is 1.96. The molecule has 1 unspecified atom stereocenters. The number of carbonyl (C=O) groups is 1. The Balaban J connectivity index is -0.0000000985. The molecule has 8 N–H and O–H groups in total. The van der Waals surface area contributed by atoms with Crippen LogP contribution in [0.2, 0.25) is 0 Å². The number of aliphatic carboxylic acids is 1. The fourth-order valence-electron chi connectivity index (χ4n) is 0.343. The molecule has 0 heterocycles. The molecule has 0 aromatic rings. The smallest absolute Gasteiger partial charge is 0.320 e. The van der Waals surface area contributed by atoms with Crippen LogP contribution in [0.4, 0.5) is 0 Å². The lowest BCUT2D eigenvalue weighted by molar-refractivity contribution is -0.139. The van der Waals surface area contributed by atoms with E-state index in [0.717, 1.165) is 0 Å². The van der Waals surface area contributed by atoms with Gasteiger partial charge in [-0.3, -0.25) is 4.79 Å². The second-order valence-electron chi connectivity index (χ2n) is 3.98. The van der Waals surface area contributed by atoms with E-state index >= 15 is 0 Å². The van der Waals surface area contributed by atoms with Crippen LogP contribution in [-0.2, 0) is 4.79 Å². The number of hydrogen-bond donors (Lipinski definition) is 7. The maximum absolute atomic E-state index is 10.0. The van der Waals surface area contributed by atoms with Crippen LogP contribution in [0.15, 0.2) is 12.7 Å². The Morgan fingerprint density at radius 3 is 1.43 bits per heavy atom. The first-order valence-electron chi connectivity index (χ1n) is 6.36. The predicted molar refractivity (Wildman–Crippen MR) is 80.7 cm³/mol. The van der Waals surface area contributed by atoms with Gasteiger partial charge in [0.2, 0.25) is 0 Å². The number of carboxylic acid groups (broad SMARTS) is 1. The highest BCUT2D eigenvalue weighted by Gasteiger charge is 2.14. The number of nitrogens with two attached hydrogens (primary N) is 1. The van der Waals surface area contributed by atoms with Crippen LogP contribution < -0.4 is 5.73 Å². The van der Waals surface area contributed by atoms with Crippen molar-refractivity contribution >= 4 is 5.97 Å². The molecule has 0 fully saturated rings. The number of hydrogen-bond acceptors (Lipinski definition) is 7. The second kappa shape index (κ2) is 24.0. The summed E-state index contributed by atoms with van der Waals surface area (Å²) >= 11 is 0. The summed E-state index contributed by atoms with van der Waals surface area (Å²) in [5, 5.41) is 47.5. The van der Waals surface area contributed by atoms with Gasteiger partial charge in [0, 0.05) is 0 Å². The quantitative estimate of drug-likeness (QED) is 0.303. The molecule has 130 valence electrons. The molecule has 0 saturated carbocycles. The molecule has 0 radical (unpaired) electrons. The van der Waals surface area contributed by atoms with E-state index < -0.39 is 18.1 Å². The summed E-state index contributed by atoms with van der Waals surface area (Å²) in [6, 6.07) is -0.713. The second-order valence-corrected chi connectivity index (χ2v) is 3.98. The summed E-state index contributed by atoms with van der Waals surface area (Å²) in [5.74, 6) is -0.910. The van der Waals surface area contributed by atoms with Crippen LogP contribution in [0.1, 0.15) is 20.8 Å². The highest BCUT2D eigenvalue weighted by atomic mass is 16.4. The van der Waals surface area contributed by atoms with Crippen LogP contribution in [0, 0.1) is 5.92 Å². The minimum absolute atomic E-state index is 0.0208. The van der Waals surface area contributed by atoms with Crippen LogP contribution in [0.5, 0.6) is 0 Å². The summed E-state index contributed by atoms with van der Waals surface area (Å²) in [6.45, 7) is 7.82. The number of aliphatic hydroxyl groups excluding tert-OH is 5. The standard InChI is InChI=1S/C5H11NO2.C3H8O3.C3H6.C2H6O2/c1-3(2)4(6)5(7)8;4-1-3(6)2-5;1-3-2;3-1-2-4/h3-4H,6H2,1-2H3,(H,7,8);3-6H,1-2H2;3H,1H2,2H3;3-4H,1-2H2. The zero-order valence-electron chi connectivity index (χ0n) is 13.0. The molecule has 8 nitrogen and oxygen atoms in total. The molecule has 0 rings (SSSR count). The van der Waals surface area contributed by atoms with E-state index in [1.807, 2.05) is 6.92 Å². The molecule has 0 spiro atoms. The SMILES string of the molecule is C=CC.CC(C)C(N)C(=O)O.OCC(O)CO.OCCO. The number of allylic oxidation sites excluding steroid dienone is 1. The van der Waals surface area contributed by atoms with E-state index in [2.05, 4.69) is 6.58 Å². The van der Waals surface area contributed by atoms with Crippen molar-refractivity contribution in [2.75, 3.05) is 26.4 Å². The van der Waals surface area contributed by atoms with E-state index in [4.69, 9.17) is 36.4 Å². The van der Waals surface area contributed by atoms with Crippen LogP contribution >= 0.6 is 0 Å². The number of rotatable bonds is 5. The first-order chi connectivity index (χ1) is 9.69. The molecule has 0 amide bonds. The molecular weight excluding hydrogens is 282 g/mol. The van der Waals surface area contributed by atoms with Gasteiger partial charge in [0.1, 0.15) is 12.1 Å². The first-order valence-corrected chi connectivity index (χ1v) is 6.36. The van der Waals surface area contributed by atoms with E-state index in [9.17, 15) is 4.79 Å². The summed E-state index contributed by atoms with van der Waals surface area (Å²) in [5.41, 5.74) is 5.16. The monoisotopic (exact) mass is 313 g/mol. The van der Waals surface area contributed by atoms with E-state index in [1.165, 1.54) is 0 Å². The molecule has 1 atom stereocenters. The van der Waals surface area contributed by atoms with Gasteiger partial charge in [0.05, 0.1) is 26.4 Å². The van der Waals surface area contributed by atoms with Crippen molar-refractivity contribution in [1.29, 1.82) is 0 Å². The third kappa shape index (κ3) is 38.1. The first kappa shape index (κ1) is 28.2. The maximum Gasteiger partial charge on any atom is 0.320 e. The largest absolute Gasteiger partial charge is 0.480 e. The van der Waals surface area contributed by atoms with Gasteiger partial charge >= 0.3 is 5.97 Å². The fourth-order valence-corrected chi connectivity index (χ4v) is 0.343. The summed E-state index contributed by atoms with van der Waals surface area (Å²) in [4.78, 5) is 10.0. The van der Waals surface area contributed by atoms with Crippen molar-refractivity contribution in [2.24, 2.45) is 11.7 Å². The van der Waals surface area contributed by atoms with Crippen molar-refractivity contribution in [1.82, 2.24) is 0 Å². The lowest BCUT2D eigenvalue weighted by atomic mass is 10.1. The van der Waals surface area contributed by atoms with Gasteiger partial charge in [-0.2, -0.15) is 0 Å². The average molecular weight is 313 g/mol. The lowest BCUT2D eigenvalue weighted by Crippen LogP contribution is -2.34. The van der Waals surface area contributed by atoms with Crippen LogP contribution in [-0.4, -0.2) is 75.2 Å². The van der Waals surface area contributed by atoms with Crippen molar-refractivity contribution in [3.63, 3.8) is 0 Å². The zero-order valence-corrected chi connectivity index (χ0v) is 13.0. The van der Waals surface area contributed by atoms with Crippen LogP contribution in [0.3, 0.4) is 0 Å². The minimum atomic E-state index is -0.954. The summed E-state index contributed by atoms with van der Waals surface area (Å²) in [7, 11) is 0. The fraction of sp³-hybridized carbons (Fsp3) is 0.769. The van der Waals surface area contributed by atoms with Crippen molar-refractivity contribution in [3.8, 4) is 0 Å². The Morgan fingerprint density at radius 1 is 1.14 bits per heavy atom. The number of carboxylic acids is 1. The minimum Gasteiger partial charge on any atom is -0.480 e. The summed E-state index contributed by atoms with van der Waals surface area (Å²) in [6.07, 6.45) is 0.796. The molecule has 8 heteroatoms. The normalized spacial score (nSPS) is 10.2.